The molecule has 0 aliphatic heterocycles. The first-order chi connectivity index (χ1) is 6.33. The number of halogens is 1. The van der Waals surface area contributed by atoms with Gasteiger partial charge in [-0.25, -0.2) is 0 Å². The molecule has 0 saturated heterocycles. The van der Waals surface area contributed by atoms with Gasteiger partial charge in [0.05, 0.1) is 13.2 Å². The standard InChI is InChI=1S/C11H13BrO/c1-2-3-8-13-9-10-4-6-11(12)7-5-10/h2,4-7H,1,3,8-9H2. The Morgan fingerprint density at radius 1 is 1.31 bits per heavy atom. The van der Waals surface area contributed by atoms with Crippen LogP contribution < -0.4 is 0 Å². The van der Waals surface area contributed by atoms with E-state index in [0.29, 0.717) is 6.61 Å². The van der Waals surface area contributed by atoms with Crippen molar-refractivity contribution in [3.8, 4) is 0 Å². The minimum atomic E-state index is 0.682. The Balaban J connectivity index is 2.28. The van der Waals surface area contributed by atoms with Crippen LogP contribution in [0.15, 0.2) is 41.4 Å². The second-order valence-corrected chi connectivity index (χ2v) is 3.67. The molecule has 1 rings (SSSR count). The number of ether oxygens (including phenoxy) is 1. The molecule has 70 valence electrons. The van der Waals surface area contributed by atoms with E-state index in [-0.39, 0.29) is 0 Å². The molecule has 1 aromatic rings. The van der Waals surface area contributed by atoms with Crippen LogP contribution in [0.4, 0.5) is 0 Å². The number of hydrogen-bond donors (Lipinski definition) is 0. The van der Waals surface area contributed by atoms with Crippen LogP contribution in [0, 0.1) is 0 Å². The number of rotatable bonds is 5. The molecule has 1 nitrogen and oxygen atoms in total. The van der Waals surface area contributed by atoms with Gasteiger partial charge in [-0.05, 0) is 24.1 Å². The Bertz CT molecular complexity index is 253. The maximum atomic E-state index is 5.41. The van der Waals surface area contributed by atoms with Crippen LogP contribution in [0.2, 0.25) is 0 Å². The molecule has 0 spiro atoms. The Morgan fingerprint density at radius 2 is 2.00 bits per heavy atom. The summed E-state index contributed by atoms with van der Waals surface area (Å²) in [6, 6.07) is 8.15. The van der Waals surface area contributed by atoms with Gasteiger partial charge in [0.1, 0.15) is 0 Å². The predicted molar refractivity (Wildman–Crippen MR) is 58.6 cm³/mol. The summed E-state index contributed by atoms with van der Waals surface area (Å²) in [6.07, 6.45) is 2.78. The second-order valence-electron chi connectivity index (χ2n) is 2.76. The van der Waals surface area contributed by atoms with Gasteiger partial charge in [0, 0.05) is 4.47 Å². The molecule has 0 aliphatic rings. The van der Waals surface area contributed by atoms with Crippen molar-refractivity contribution >= 4 is 15.9 Å². The van der Waals surface area contributed by atoms with Crippen molar-refractivity contribution in [1.29, 1.82) is 0 Å². The molecule has 13 heavy (non-hydrogen) atoms. The Hall–Kier alpha value is -0.600. The molecule has 0 heterocycles. The van der Waals surface area contributed by atoms with Gasteiger partial charge in [-0.3, -0.25) is 0 Å². The van der Waals surface area contributed by atoms with Crippen LogP contribution in [-0.2, 0) is 11.3 Å². The van der Waals surface area contributed by atoms with Crippen molar-refractivity contribution in [2.45, 2.75) is 13.0 Å². The molecule has 0 fully saturated rings. The van der Waals surface area contributed by atoms with E-state index in [1.807, 2.05) is 18.2 Å². The third-order valence-electron chi connectivity index (χ3n) is 1.65. The van der Waals surface area contributed by atoms with Crippen molar-refractivity contribution in [3.63, 3.8) is 0 Å². The first-order valence-corrected chi connectivity index (χ1v) is 5.05. The van der Waals surface area contributed by atoms with E-state index in [2.05, 4.69) is 34.6 Å². The van der Waals surface area contributed by atoms with Crippen LogP contribution in [-0.4, -0.2) is 6.61 Å². The quantitative estimate of drug-likeness (QED) is 0.565. The van der Waals surface area contributed by atoms with Gasteiger partial charge in [-0.2, -0.15) is 0 Å². The maximum absolute atomic E-state index is 5.41. The monoisotopic (exact) mass is 240 g/mol. The van der Waals surface area contributed by atoms with Crippen LogP contribution in [0.3, 0.4) is 0 Å². The van der Waals surface area contributed by atoms with Gasteiger partial charge < -0.3 is 4.74 Å². The Morgan fingerprint density at radius 3 is 2.62 bits per heavy atom. The van der Waals surface area contributed by atoms with E-state index in [4.69, 9.17) is 4.74 Å². The van der Waals surface area contributed by atoms with Crippen LogP contribution in [0.25, 0.3) is 0 Å². The zero-order valence-electron chi connectivity index (χ0n) is 7.50. The molecule has 0 amide bonds. The fourth-order valence-electron chi connectivity index (χ4n) is 0.937. The van der Waals surface area contributed by atoms with Crippen LogP contribution >= 0.6 is 15.9 Å². The highest BCUT2D eigenvalue weighted by molar-refractivity contribution is 9.10. The zero-order valence-corrected chi connectivity index (χ0v) is 9.09. The highest BCUT2D eigenvalue weighted by Gasteiger charge is 1.92. The third kappa shape index (κ3) is 4.25. The van der Waals surface area contributed by atoms with E-state index in [1.165, 1.54) is 5.56 Å². The van der Waals surface area contributed by atoms with Gasteiger partial charge in [0.15, 0.2) is 0 Å². The normalized spacial score (nSPS) is 9.92. The summed E-state index contributed by atoms with van der Waals surface area (Å²) in [5, 5.41) is 0. The average molecular weight is 241 g/mol. The summed E-state index contributed by atoms with van der Waals surface area (Å²) in [7, 11) is 0. The zero-order chi connectivity index (χ0) is 9.52. The summed E-state index contributed by atoms with van der Waals surface area (Å²) in [5.74, 6) is 0. The highest BCUT2D eigenvalue weighted by Crippen LogP contribution is 2.11. The first kappa shape index (κ1) is 10.5. The molecule has 0 bridgehead atoms. The smallest absolute Gasteiger partial charge is 0.0717 e. The topological polar surface area (TPSA) is 9.23 Å². The third-order valence-corrected chi connectivity index (χ3v) is 2.18. The SMILES string of the molecule is C=CCCOCc1ccc(Br)cc1. The summed E-state index contributed by atoms with van der Waals surface area (Å²) >= 11 is 3.38. The Kier molecular flexibility index (Phi) is 4.79. The fraction of sp³-hybridized carbons (Fsp3) is 0.273. The minimum Gasteiger partial charge on any atom is -0.376 e. The molecule has 0 aromatic heterocycles. The van der Waals surface area contributed by atoms with Crippen LogP contribution in [0.1, 0.15) is 12.0 Å². The van der Waals surface area contributed by atoms with E-state index in [0.717, 1.165) is 17.5 Å². The van der Waals surface area contributed by atoms with E-state index < -0.39 is 0 Å². The van der Waals surface area contributed by atoms with E-state index in [1.54, 1.807) is 0 Å². The lowest BCUT2D eigenvalue weighted by atomic mass is 10.2. The summed E-state index contributed by atoms with van der Waals surface area (Å²) < 4.78 is 6.51. The molecular formula is C11H13BrO. The van der Waals surface area contributed by atoms with Crippen molar-refractivity contribution in [3.05, 3.63) is 47.0 Å². The molecule has 0 N–H and O–H groups in total. The summed E-state index contributed by atoms with van der Waals surface area (Å²) in [6.45, 7) is 5.06. The molecule has 0 radical (unpaired) electrons. The second kappa shape index (κ2) is 5.95. The lowest BCUT2D eigenvalue weighted by Gasteiger charge is -2.02. The average Bonchev–Trinajstić information content (AvgIpc) is 2.15. The molecule has 1 aromatic carbocycles. The van der Waals surface area contributed by atoms with Gasteiger partial charge in [0.25, 0.3) is 0 Å². The van der Waals surface area contributed by atoms with E-state index in [9.17, 15) is 0 Å². The van der Waals surface area contributed by atoms with Crippen molar-refractivity contribution in [1.82, 2.24) is 0 Å². The van der Waals surface area contributed by atoms with Gasteiger partial charge >= 0.3 is 0 Å². The lowest BCUT2D eigenvalue weighted by Crippen LogP contribution is -1.93. The molecule has 2 heteroatoms. The highest BCUT2D eigenvalue weighted by atomic mass is 79.9. The molecule has 0 saturated carbocycles. The number of hydrogen-bond acceptors (Lipinski definition) is 1. The molecule has 0 unspecified atom stereocenters. The van der Waals surface area contributed by atoms with Gasteiger partial charge in [-0.15, -0.1) is 6.58 Å². The fourth-order valence-corrected chi connectivity index (χ4v) is 1.20. The Labute approximate surface area is 87.5 Å². The van der Waals surface area contributed by atoms with Crippen molar-refractivity contribution in [2.75, 3.05) is 6.61 Å². The minimum absolute atomic E-state index is 0.682. The van der Waals surface area contributed by atoms with Crippen molar-refractivity contribution < 1.29 is 4.74 Å². The molecular weight excluding hydrogens is 228 g/mol. The molecule has 0 aliphatic carbocycles. The maximum Gasteiger partial charge on any atom is 0.0717 e. The summed E-state index contributed by atoms with van der Waals surface area (Å²) in [5.41, 5.74) is 1.20. The van der Waals surface area contributed by atoms with Crippen molar-refractivity contribution in [2.24, 2.45) is 0 Å². The first-order valence-electron chi connectivity index (χ1n) is 4.26. The summed E-state index contributed by atoms with van der Waals surface area (Å²) in [4.78, 5) is 0. The largest absolute Gasteiger partial charge is 0.376 e. The van der Waals surface area contributed by atoms with Gasteiger partial charge in [0.2, 0.25) is 0 Å². The predicted octanol–water partition coefficient (Wildman–Crippen LogP) is 3.54. The molecule has 0 atom stereocenters. The van der Waals surface area contributed by atoms with Gasteiger partial charge in [-0.1, -0.05) is 34.1 Å². The van der Waals surface area contributed by atoms with E-state index >= 15 is 0 Å². The lowest BCUT2D eigenvalue weighted by molar-refractivity contribution is 0.125. The van der Waals surface area contributed by atoms with Crippen LogP contribution in [0.5, 0.6) is 0 Å². The number of benzene rings is 1.